The van der Waals surface area contributed by atoms with Gasteiger partial charge in [0.25, 0.3) is 6.43 Å². The number of amides is 1. The summed E-state index contributed by atoms with van der Waals surface area (Å²) in [5, 5.41) is 15.0. The van der Waals surface area contributed by atoms with Crippen molar-refractivity contribution < 1.29 is 13.6 Å². The Hall–Kier alpha value is -2.56. The normalized spacial score (nSPS) is 11.4. The van der Waals surface area contributed by atoms with Crippen molar-refractivity contribution in [1.29, 1.82) is 0 Å². The monoisotopic (exact) mass is 455 g/mol. The van der Waals surface area contributed by atoms with Crippen molar-refractivity contribution in [3.05, 3.63) is 45.7 Å². The van der Waals surface area contributed by atoms with Gasteiger partial charge in [0, 0.05) is 24.0 Å². The van der Waals surface area contributed by atoms with Gasteiger partial charge in [-0.05, 0) is 36.7 Å². The molecule has 0 aromatic carbocycles. The minimum atomic E-state index is -2.71. The molecule has 0 aliphatic heterocycles. The van der Waals surface area contributed by atoms with Gasteiger partial charge in [0.2, 0.25) is 5.91 Å². The maximum absolute atomic E-state index is 12.9. The van der Waals surface area contributed by atoms with Gasteiger partial charge in [-0.25, -0.2) is 8.78 Å². The predicted molar refractivity (Wildman–Crippen MR) is 102 cm³/mol. The highest BCUT2D eigenvalue weighted by Crippen LogP contribution is 2.28. The molecule has 0 aliphatic rings. The molecule has 1 amide bonds. The summed E-state index contributed by atoms with van der Waals surface area (Å²) in [4.78, 5) is 12.3. The van der Waals surface area contributed by atoms with Crippen LogP contribution in [-0.2, 0) is 24.4 Å². The van der Waals surface area contributed by atoms with Gasteiger partial charge in [0.1, 0.15) is 12.2 Å². The number of aromatic nitrogens is 6. The van der Waals surface area contributed by atoms with Gasteiger partial charge in [0.15, 0.2) is 0 Å². The molecule has 28 heavy (non-hydrogen) atoms. The van der Waals surface area contributed by atoms with E-state index in [2.05, 4.69) is 36.5 Å². The maximum atomic E-state index is 12.9. The molecule has 0 saturated heterocycles. The van der Waals surface area contributed by atoms with Crippen molar-refractivity contribution >= 4 is 27.5 Å². The molecule has 0 unspecified atom stereocenters. The minimum Gasteiger partial charge on any atom is -0.322 e. The molecule has 3 aromatic rings. The van der Waals surface area contributed by atoms with E-state index in [9.17, 15) is 13.6 Å². The second kappa shape index (κ2) is 8.21. The van der Waals surface area contributed by atoms with E-state index in [0.29, 0.717) is 17.9 Å². The Morgan fingerprint density at radius 1 is 1.21 bits per heavy atom. The first kappa shape index (κ1) is 20.2. The Morgan fingerprint density at radius 2 is 1.96 bits per heavy atom. The highest BCUT2D eigenvalue weighted by atomic mass is 79.9. The zero-order valence-corrected chi connectivity index (χ0v) is 17.2. The highest BCUT2D eigenvalue weighted by molar-refractivity contribution is 9.10. The second-order valence-electron chi connectivity index (χ2n) is 6.29. The Morgan fingerprint density at radius 3 is 2.57 bits per heavy atom. The van der Waals surface area contributed by atoms with Crippen LogP contribution in [0.2, 0.25) is 0 Å². The van der Waals surface area contributed by atoms with Crippen LogP contribution in [0.15, 0.2) is 23.1 Å². The molecular formula is C17H20BrF2N7O. The Labute approximate surface area is 168 Å². The van der Waals surface area contributed by atoms with Crippen molar-refractivity contribution in [2.75, 3.05) is 5.32 Å². The van der Waals surface area contributed by atoms with Crippen LogP contribution in [0.4, 0.5) is 14.5 Å². The van der Waals surface area contributed by atoms with Crippen LogP contribution in [0.5, 0.6) is 0 Å². The molecular weight excluding hydrogens is 436 g/mol. The lowest BCUT2D eigenvalue weighted by atomic mass is 10.2. The average Bonchev–Trinajstić information content (AvgIpc) is 3.30. The molecule has 8 nitrogen and oxygen atoms in total. The number of hydrogen-bond acceptors (Lipinski definition) is 4. The number of alkyl halides is 2. The number of halogens is 3. The SMILES string of the molecule is CCn1ncc(Cn2cc(NC(=O)Cn3nc(C(F)F)c(Br)c3C)cn2)c1C. The summed E-state index contributed by atoms with van der Waals surface area (Å²) >= 11 is 3.09. The molecule has 1 N–H and O–H groups in total. The van der Waals surface area contributed by atoms with E-state index in [1.807, 2.05) is 18.5 Å². The summed E-state index contributed by atoms with van der Waals surface area (Å²) in [5.41, 5.74) is 2.71. The lowest BCUT2D eigenvalue weighted by Gasteiger charge is -2.05. The molecule has 0 saturated carbocycles. The second-order valence-corrected chi connectivity index (χ2v) is 7.08. The maximum Gasteiger partial charge on any atom is 0.283 e. The van der Waals surface area contributed by atoms with E-state index in [4.69, 9.17) is 0 Å². The number of nitrogens with zero attached hydrogens (tertiary/aromatic N) is 6. The summed E-state index contributed by atoms with van der Waals surface area (Å²) in [6, 6.07) is 0. The third-order valence-corrected chi connectivity index (χ3v) is 5.39. The first-order chi connectivity index (χ1) is 13.3. The fraction of sp³-hybridized carbons (Fsp3) is 0.412. The van der Waals surface area contributed by atoms with Crippen LogP contribution < -0.4 is 5.32 Å². The van der Waals surface area contributed by atoms with Crippen LogP contribution in [0.3, 0.4) is 0 Å². The number of hydrogen-bond donors (Lipinski definition) is 1. The van der Waals surface area contributed by atoms with E-state index in [0.717, 1.165) is 17.8 Å². The highest BCUT2D eigenvalue weighted by Gasteiger charge is 2.21. The Bertz CT molecular complexity index is 992. The molecule has 0 spiro atoms. The molecule has 150 valence electrons. The number of anilines is 1. The van der Waals surface area contributed by atoms with Crippen molar-refractivity contribution in [1.82, 2.24) is 29.3 Å². The van der Waals surface area contributed by atoms with Crippen LogP contribution in [0, 0.1) is 13.8 Å². The van der Waals surface area contributed by atoms with E-state index in [1.165, 1.54) is 10.9 Å². The summed E-state index contributed by atoms with van der Waals surface area (Å²) in [5.74, 6) is -0.381. The smallest absolute Gasteiger partial charge is 0.283 e. The molecule has 3 rings (SSSR count). The van der Waals surface area contributed by atoms with Gasteiger partial charge in [-0.2, -0.15) is 15.3 Å². The van der Waals surface area contributed by atoms with Gasteiger partial charge >= 0.3 is 0 Å². The fourth-order valence-corrected chi connectivity index (χ4v) is 3.28. The zero-order chi connectivity index (χ0) is 20.4. The average molecular weight is 456 g/mol. The first-order valence-electron chi connectivity index (χ1n) is 8.64. The lowest BCUT2D eigenvalue weighted by Crippen LogP contribution is -2.20. The molecule has 3 aromatic heterocycles. The number of aryl methyl sites for hydroxylation is 1. The summed E-state index contributed by atoms with van der Waals surface area (Å²) in [6.07, 6.45) is 2.33. The quantitative estimate of drug-likeness (QED) is 0.592. The van der Waals surface area contributed by atoms with Crippen LogP contribution >= 0.6 is 15.9 Å². The van der Waals surface area contributed by atoms with Crippen molar-refractivity contribution in [2.24, 2.45) is 0 Å². The van der Waals surface area contributed by atoms with Gasteiger partial charge in [0.05, 0.1) is 34.8 Å². The molecule has 0 fully saturated rings. The van der Waals surface area contributed by atoms with E-state index < -0.39 is 6.43 Å². The van der Waals surface area contributed by atoms with Crippen LogP contribution in [-0.4, -0.2) is 35.2 Å². The minimum absolute atomic E-state index is 0.176. The van der Waals surface area contributed by atoms with E-state index >= 15 is 0 Å². The molecule has 0 aliphatic carbocycles. The number of carbonyl (C=O) groups excluding carboxylic acids is 1. The van der Waals surface area contributed by atoms with Crippen molar-refractivity contribution in [3.8, 4) is 0 Å². The predicted octanol–water partition coefficient (Wildman–Crippen LogP) is 3.30. The summed E-state index contributed by atoms with van der Waals surface area (Å²) < 4.78 is 30.9. The molecule has 3 heterocycles. The first-order valence-corrected chi connectivity index (χ1v) is 9.44. The molecule has 11 heteroatoms. The number of rotatable bonds is 7. The van der Waals surface area contributed by atoms with Crippen LogP contribution in [0.1, 0.15) is 36.0 Å². The summed E-state index contributed by atoms with van der Waals surface area (Å²) in [6.45, 7) is 6.79. The third-order valence-electron chi connectivity index (χ3n) is 4.41. The molecule has 0 atom stereocenters. The van der Waals surface area contributed by atoms with E-state index in [-0.39, 0.29) is 22.6 Å². The largest absolute Gasteiger partial charge is 0.322 e. The van der Waals surface area contributed by atoms with Crippen LogP contribution in [0.25, 0.3) is 0 Å². The number of nitrogens with one attached hydrogen (secondary N) is 1. The topological polar surface area (TPSA) is 82.6 Å². The zero-order valence-electron chi connectivity index (χ0n) is 15.7. The van der Waals surface area contributed by atoms with Gasteiger partial charge < -0.3 is 5.32 Å². The van der Waals surface area contributed by atoms with Crippen molar-refractivity contribution in [3.63, 3.8) is 0 Å². The summed E-state index contributed by atoms with van der Waals surface area (Å²) in [7, 11) is 0. The van der Waals surface area contributed by atoms with Gasteiger partial charge in [-0.3, -0.25) is 18.8 Å². The third kappa shape index (κ3) is 4.13. The van der Waals surface area contributed by atoms with Gasteiger partial charge in [-0.15, -0.1) is 0 Å². The van der Waals surface area contributed by atoms with E-state index in [1.54, 1.807) is 24.0 Å². The Balaban J connectivity index is 1.64. The van der Waals surface area contributed by atoms with Gasteiger partial charge in [-0.1, -0.05) is 0 Å². The number of carbonyl (C=O) groups is 1. The fourth-order valence-electron chi connectivity index (χ4n) is 2.83. The standard InChI is InChI=1S/C17H20BrF2N7O/c1-4-26-10(2)12(5-22-26)7-25-8-13(6-21-25)23-14(28)9-27-11(3)15(18)16(24-27)17(19)20/h5-6,8,17H,4,7,9H2,1-3H3,(H,23,28). The van der Waals surface area contributed by atoms with Crippen molar-refractivity contribution in [2.45, 2.75) is 46.8 Å². The molecule has 0 radical (unpaired) electrons. The molecule has 0 bridgehead atoms. The lowest BCUT2D eigenvalue weighted by molar-refractivity contribution is -0.117. The Kier molecular flexibility index (Phi) is 5.92.